The highest BCUT2D eigenvalue weighted by Crippen LogP contribution is 2.30. The SMILES string of the molecule is C/C=C(\C)c1cc2cc(C=O)c(C)c(C(C)N3CCOCC3)n2c1.C=C.CC. The van der Waals surface area contributed by atoms with Crippen LogP contribution in [0.25, 0.3) is 11.1 Å². The zero-order valence-electron chi connectivity index (χ0n) is 18.4. The minimum Gasteiger partial charge on any atom is -0.379 e. The Labute approximate surface area is 170 Å². The number of hydrogen-bond acceptors (Lipinski definition) is 3. The van der Waals surface area contributed by atoms with Crippen LogP contribution in [0.1, 0.15) is 67.8 Å². The summed E-state index contributed by atoms with van der Waals surface area (Å²) in [4.78, 5) is 14.0. The van der Waals surface area contributed by atoms with Crippen LogP contribution >= 0.6 is 0 Å². The summed E-state index contributed by atoms with van der Waals surface area (Å²) in [6.07, 6.45) is 5.28. The Bertz CT molecular complexity index is 799. The van der Waals surface area contributed by atoms with Gasteiger partial charge in [0.05, 0.1) is 13.2 Å². The van der Waals surface area contributed by atoms with Crippen LogP contribution < -0.4 is 0 Å². The van der Waals surface area contributed by atoms with Gasteiger partial charge in [0.15, 0.2) is 0 Å². The van der Waals surface area contributed by atoms with E-state index in [9.17, 15) is 4.79 Å². The first-order chi connectivity index (χ1) is 13.6. The van der Waals surface area contributed by atoms with Gasteiger partial charge in [0.25, 0.3) is 0 Å². The maximum Gasteiger partial charge on any atom is 0.150 e. The van der Waals surface area contributed by atoms with Gasteiger partial charge >= 0.3 is 0 Å². The van der Waals surface area contributed by atoms with Gasteiger partial charge in [-0.15, -0.1) is 13.2 Å². The Hall–Kier alpha value is -2.17. The molecule has 1 aliphatic rings. The minimum atomic E-state index is 0.238. The third-order valence-electron chi connectivity index (χ3n) is 5.23. The maximum atomic E-state index is 11.6. The highest BCUT2D eigenvalue weighted by atomic mass is 16.5. The zero-order chi connectivity index (χ0) is 21.3. The van der Waals surface area contributed by atoms with E-state index in [4.69, 9.17) is 4.74 Å². The fourth-order valence-corrected chi connectivity index (χ4v) is 3.55. The smallest absolute Gasteiger partial charge is 0.150 e. The van der Waals surface area contributed by atoms with Crippen molar-refractivity contribution in [2.75, 3.05) is 26.3 Å². The van der Waals surface area contributed by atoms with Gasteiger partial charge in [-0.2, -0.15) is 0 Å². The van der Waals surface area contributed by atoms with E-state index in [2.05, 4.69) is 68.5 Å². The third-order valence-corrected chi connectivity index (χ3v) is 5.23. The van der Waals surface area contributed by atoms with Crippen LogP contribution in [0.5, 0.6) is 0 Å². The number of pyridine rings is 1. The molecule has 0 N–H and O–H groups in total. The van der Waals surface area contributed by atoms with Crippen molar-refractivity contribution in [3.63, 3.8) is 0 Å². The fourth-order valence-electron chi connectivity index (χ4n) is 3.55. The Balaban J connectivity index is 0.000000921. The van der Waals surface area contributed by atoms with E-state index in [1.165, 1.54) is 16.8 Å². The van der Waals surface area contributed by atoms with Crippen molar-refractivity contribution < 1.29 is 9.53 Å². The summed E-state index contributed by atoms with van der Waals surface area (Å²) >= 11 is 0. The van der Waals surface area contributed by atoms with E-state index in [1.54, 1.807) is 0 Å². The van der Waals surface area contributed by atoms with Crippen molar-refractivity contribution in [3.05, 3.63) is 59.9 Å². The number of allylic oxidation sites excluding steroid dienone is 2. The molecule has 28 heavy (non-hydrogen) atoms. The number of carbonyl (C=O) groups is 1. The molecule has 1 atom stereocenters. The molecule has 3 heterocycles. The van der Waals surface area contributed by atoms with Gasteiger partial charge in [0, 0.05) is 42.1 Å². The number of ether oxygens (including phenoxy) is 1. The summed E-state index contributed by atoms with van der Waals surface area (Å²) in [5.74, 6) is 0. The summed E-state index contributed by atoms with van der Waals surface area (Å²) < 4.78 is 7.74. The maximum absolute atomic E-state index is 11.6. The summed E-state index contributed by atoms with van der Waals surface area (Å²) in [6, 6.07) is 4.39. The van der Waals surface area contributed by atoms with Crippen LogP contribution in [0.15, 0.2) is 37.6 Å². The van der Waals surface area contributed by atoms with Gasteiger partial charge in [0.1, 0.15) is 6.29 Å². The van der Waals surface area contributed by atoms with Gasteiger partial charge < -0.3 is 9.14 Å². The highest BCUT2D eigenvalue weighted by molar-refractivity contribution is 5.82. The molecule has 0 bridgehead atoms. The highest BCUT2D eigenvalue weighted by Gasteiger charge is 2.23. The van der Waals surface area contributed by atoms with Gasteiger partial charge in [-0.25, -0.2) is 0 Å². The van der Waals surface area contributed by atoms with Crippen LogP contribution in [0.4, 0.5) is 0 Å². The molecule has 0 aliphatic carbocycles. The van der Waals surface area contributed by atoms with Crippen LogP contribution in [0.3, 0.4) is 0 Å². The minimum absolute atomic E-state index is 0.238. The number of morpholine rings is 1. The van der Waals surface area contributed by atoms with Crippen molar-refractivity contribution >= 4 is 17.4 Å². The first-order valence-corrected chi connectivity index (χ1v) is 10.1. The predicted octanol–water partition coefficient (Wildman–Crippen LogP) is 5.71. The molecule has 3 rings (SSSR count). The van der Waals surface area contributed by atoms with Crippen LogP contribution in [-0.2, 0) is 4.74 Å². The van der Waals surface area contributed by atoms with Crippen LogP contribution in [0, 0.1) is 6.92 Å². The number of rotatable bonds is 4. The number of aromatic nitrogens is 1. The number of nitrogens with zero attached hydrogens (tertiary/aromatic N) is 2. The normalized spacial score (nSPS) is 15.9. The molecule has 2 aromatic rings. The van der Waals surface area contributed by atoms with E-state index < -0.39 is 0 Å². The van der Waals surface area contributed by atoms with Crippen molar-refractivity contribution in [2.45, 2.75) is 47.6 Å². The lowest BCUT2D eigenvalue weighted by atomic mass is 10.0. The second-order valence-corrected chi connectivity index (χ2v) is 6.55. The van der Waals surface area contributed by atoms with Crippen molar-refractivity contribution in [2.24, 2.45) is 0 Å². The average Bonchev–Trinajstić information content (AvgIpc) is 3.19. The second-order valence-electron chi connectivity index (χ2n) is 6.55. The largest absolute Gasteiger partial charge is 0.379 e. The molecule has 0 amide bonds. The molecule has 2 aromatic heterocycles. The fraction of sp³-hybridized carbons (Fsp3) is 0.458. The average molecular weight is 385 g/mol. The molecule has 4 heteroatoms. The molecule has 154 valence electrons. The molecule has 1 aliphatic heterocycles. The predicted molar refractivity (Wildman–Crippen MR) is 120 cm³/mol. The summed E-state index contributed by atoms with van der Waals surface area (Å²) in [6.45, 7) is 21.8. The molecular formula is C24H36N2O2. The van der Waals surface area contributed by atoms with Gasteiger partial charge in [-0.1, -0.05) is 19.9 Å². The topological polar surface area (TPSA) is 34.0 Å². The summed E-state index contributed by atoms with van der Waals surface area (Å²) in [5, 5.41) is 0. The molecule has 0 radical (unpaired) electrons. The second kappa shape index (κ2) is 11.6. The summed E-state index contributed by atoms with van der Waals surface area (Å²) in [7, 11) is 0. The number of aldehydes is 1. The molecule has 1 saturated heterocycles. The van der Waals surface area contributed by atoms with Gasteiger partial charge in [-0.3, -0.25) is 9.69 Å². The van der Waals surface area contributed by atoms with Crippen LogP contribution in [-0.4, -0.2) is 41.9 Å². The Morgan fingerprint density at radius 2 is 1.82 bits per heavy atom. The number of fused-ring (bicyclic) bond motifs is 1. The van der Waals surface area contributed by atoms with E-state index >= 15 is 0 Å². The molecule has 1 fully saturated rings. The van der Waals surface area contributed by atoms with E-state index in [0.29, 0.717) is 0 Å². The van der Waals surface area contributed by atoms with Crippen molar-refractivity contribution in [1.29, 1.82) is 0 Å². The lowest BCUT2D eigenvalue weighted by Crippen LogP contribution is -2.38. The van der Waals surface area contributed by atoms with Crippen molar-refractivity contribution in [1.82, 2.24) is 9.30 Å². The number of carbonyl (C=O) groups excluding carboxylic acids is 1. The lowest BCUT2D eigenvalue weighted by Gasteiger charge is -2.33. The molecule has 0 saturated carbocycles. The zero-order valence-corrected chi connectivity index (χ0v) is 18.4. The molecule has 0 spiro atoms. The first kappa shape index (κ1) is 23.9. The van der Waals surface area contributed by atoms with E-state index in [-0.39, 0.29) is 6.04 Å². The molecule has 0 aromatic carbocycles. The molecule has 4 nitrogen and oxygen atoms in total. The lowest BCUT2D eigenvalue weighted by molar-refractivity contribution is 0.0187. The Kier molecular flexibility index (Phi) is 9.91. The standard InChI is InChI=1S/C20H26N2O2.C2H6.C2H4/c1-5-14(2)17-10-19-11-18(13-23)15(3)20(22(19)12-17)16(4)21-6-8-24-9-7-21;2*1-2/h5,10-13,16H,6-9H2,1-4H3;1-2H3;1-2H2/b14-5+;;. The number of hydrogen-bond donors (Lipinski definition) is 0. The monoisotopic (exact) mass is 384 g/mol. The van der Waals surface area contributed by atoms with Crippen molar-refractivity contribution in [3.8, 4) is 0 Å². The molecule has 1 unspecified atom stereocenters. The van der Waals surface area contributed by atoms with Gasteiger partial charge in [0.2, 0.25) is 0 Å². The van der Waals surface area contributed by atoms with Gasteiger partial charge in [-0.05, 0) is 56.5 Å². The first-order valence-electron chi connectivity index (χ1n) is 10.1. The van der Waals surface area contributed by atoms with E-state index in [0.717, 1.165) is 49.2 Å². The van der Waals surface area contributed by atoms with Crippen LogP contribution in [0.2, 0.25) is 0 Å². The quantitative estimate of drug-likeness (QED) is 0.500. The Morgan fingerprint density at radius 1 is 1.21 bits per heavy atom. The third kappa shape index (κ3) is 5.00. The molecular weight excluding hydrogens is 348 g/mol. The van der Waals surface area contributed by atoms with E-state index in [1.807, 2.05) is 19.9 Å². The summed E-state index contributed by atoms with van der Waals surface area (Å²) in [5.41, 5.74) is 6.57. The Morgan fingerprint density at radius 3 is 2.36 bits per heavy atom.